The highest BCUT2D eigenvalue weighted by atomic mass is 16.5. The van der Waals surface area contributed by atoms with Gasteiger partial charge in [0.15, 0.2) is 0 Å². The highest BCUT2D eigenvalue weighted by Gasteiger charge is 2.15. The van der Waals surface area contributed by atoms with Gasteiger partial charge in [-0.15, -0.1) is 0 Å². The molecule has 0 radical (unpaired) electrons. The monoisotopic (exact) mass is 508 g/mol. The van der Waals surface area contributed by atoms with Crippen LogP contribution in [0.15, 0.2) is 72.9 Å². The van der Waals surface area contributed by atoms with E-state index >= 15 is 0 Å². The number of aromatic nitrogens is 2. The van der Waals surface area contributed by atoms with Gasteiger partial charge < -0.3 is 19.9 Å². The molecule has 1 N–H and O–H groups in total. The van der Waals surface area contributed by atoms with Crippen molar-refractivity contribution in [1.82, 2.24) is 19.8 Å². The van der Waals surface area contributed by atoms with E-state index in [1.807, 2.05) is 30.5 Å². The molecule has 0 bridgehead atoms. The zero-order chi connectivity index (χ0) is 25.7. The summed E-state index contributed by atoms with van der Waals surface area (Å²) in [4.78, 5) is 16.8. The van der Waals surface area contributed by atoms with Gasteiger partial charge in [-0.25, -0.2) is 9.97 Å². The summed E-state index contributed by atoms with van der Waals surface area (Å²) in [5.41, 5.74) is 5.43. The van der Waals surface area contributed by atoms with E-state index in [0.29, 0.717) is 5.95 Å². The quantitative estimate of drug-likeness (QED) is 0.348. The Kier molecular flexibility index (Phi) is 7.38. The van der Waals surface area contributed by atoms with Gasteiger partial charge >= 0.3 is 0 Å². The van der Waals surface area contributed by atoms with Crippen LogP contribution in [0.5, 0.6) is 5.75 Å². The lowest BCUT2D eigenvalue weighted by molar-refractivity contribution is 0.238. The lowest BCUT2D eigenvalue weighted by atomic mass is 10.0. The lowest BCUT2D eigenvalue weighted by Gasteiger charge is -2.34. The number of hydrogen-bond donors (Lipinski definition) is 1. The third kappa shape index (κ3) is 5.74. The van der Waals surface area contributed by atoms with Crippen LogP contribution in [0.2, 0.25) is 0 Å². The molecule has 1 aromatic heterocycles. The molecule has 7 nitrogen and oxygen atoms in total. The number of likely N-dealkylation sites (tertiary alicyclic amines) is 1. The number of piperazine rings is 1. The van der Waals surface area contributed by atoms with Crippen molar-refractivity contribution in [3.05, 3.63) is 72.9 Å². The van der Waals surface area contributed by atoms with Crippen LogP contribution in [0.25, 0.3) is 22.0 Å². The molecule has 2 aliphatic heterocycles. The van der Waals surface area contributed by atoms with Crippen LogP contribution in [-0.4, -0.2) is 79.2 Å². The van der Waals surface area contributed by atoms with E-state index in [1.54, 1.807) is 0 Å². The maximum atomic E-state index is 5.94. The second kappa shape index (κ2) is 11.4. The summed E-state index contributed by atoms with van der Waals surface area (Å²) in [6.07, 6.45) is 4.51. The van der Waals surface area contributed by atoms with Crippen molar-refractivity contribution in [3.63, 3.8) is 0 Å². The molecule has 2 saturated heterocycles. The number of nitrogens with zero attached hydrogens (tertiary/aromatic N) is 5. The normalized spacial score (nSPS) is 16.7. The second-order valence-electron chi connectivity index (χ2n) is 10.3. The fourth-order valence-corrected chi connectivity index (χ4v) is 5.33. The van der Waals surface area contributed by atoms with Gasteiger partial charge in [0.1, 0.15) is 12.4 Å². The Morgan fingerprint density at radius 2 is 1.61 bits per heavy atom. The Hall–Kier alpha value is -3.68. The van der Waals surface area contributed by atoms with Gasteiger partial charge in [0.05, 0.1) is 5.52 Å². The number of anilines is 3. The zero-order valence-electron chi connectivity index (χ0n) is 22.1. The first-order valence-electron chi connectivity index (χ1n) is 13.7. The fraction of sp³-hybridized carbons (Fsp3) is 0.355. The van der Waals surface area contributed by atoms with Crippen LogP contribution in [0.4, 0.5) is 17.3 Å². The first kappa shape index (κ1) is 24.6. The molecule has 7 heteroatoms. The maximum absolute atomic E-state index is 5.94. The molecule has 0 spiro atoms. The van der Waals surface area contributed by atoms with E-state index in [2.05, 4.69) is 74.5 Å². The molecule has 6 rings (SSSR count). The Labute approximate surface area is 225 Å². The summed E-state index contributed by atoms with van der Waals surface area (Å²) >= 11 is 0. The van der Waals surface area contributed by atoms with Crippen molar-refractivity contribution >= 4 is 28.2 Å². The molecule has 0 saturated carbocycles. The van der Waals surface area contributed by atoms with Gasteiger partial charge in [-0.05, 0) is 74.9 Å². The number of para-hydroxylation sites is 1. The predicted octanol–water partition coefficient (Wildman–Crippen LogP) is 5.27. The van der Waals surface area contributed by atoms with E-state index in [-0.39, 0.29) is 0 Å². The zero-order valence-corrected chi connectivity index (χ0v) is 22.1. The van der Waals surface area contributed by atoms with E-state index in [9.17, 15) is 0 Å². The third-order valence-corrected chi connectivity index (χ3v) is 7.64. The molecule has 0 aliphatic carbocycles. The van der Waals surface area contributed by atoms with Crippen molar-refractivity contribution in [2.75, 3.05) is 69.7 Å². The SMILES string of the molecule is CN1CCN(c2ccc(-c3cccc4cnc(Nc5ccc(OCCN6CCCC6)cc5)nc34)cc2)CC1. The molecule has 0 amide bonds. The average Bonchev–Trinajstić information content (AvgIpc) is 3.48. The number of nitrogens with one attached hydrogen (secondary N) is 1. The molecule has 0 atom stereocenters. The topological polar surface area (TPSA) is 56.8 Å². The van der Waals surface area contributed by atoms with Crippen molar-refractivity contribution in [2.24, 2.45) is 0 Å². The molecule has 2 fully saturated rings. The van der Waals surface area contributed by atoms with Crippen LogP contribution in [0, 0.1) is 0 Å². The van der Waals surface area contributed by atoms with Gasteiger partial charge in [0, 0.05) is 61.2 Å². The predicted molar refractivity (Wildman–Crippen MR) is 156 cm³/mol. The largest absolute Gasteiger partial charge is 0.492 e. The first-order chi connectivity index (χ1) is 18.7. The fourth-order valence-electron chi connectivity index (χ4n) is 5.33. The summed E-state index contributed by atoms with van der Waals surface area (Å²) in [5, 5.41) is 4.39. The number of fused-ring (bicyclic) bond motifs is 1. The second-order valence-corrected chi connectivity index (χ2v) is 10.3. The molecule has 38 heavy (non-hydrogen) atoms. The molecule has 0 unspecified atom stereocenters. The minimum absolute atomic E-state index is 0.585. The molecule has 2 aliphatic rings. The molecule has 3 aromatic carbocycles. The van der Waals surface area contributed by atoms with Crippen molar-refractivity contribution in [1.29, 1.82) is 0 Å². The van der Waals surface area contributed by atoms with Gasteiger partial charge in [0.25, 0.3) is 0 Å². The number of ether oxygens (including phenoxy) is 1. The van der Waals surface area contributed by atoms with Crippen LogP contribution < -0.4 is 15.0 Å². The summed E-state index contributed by atoms with van der Waals surface area (Å²) in [5.74, 6) is 1.47. The minimum Gasteiger partial charge on any atom is -0.492 e. The van der Waals surface area contributed by atoms with E-state index in [1.165, 1.54) is 31.6 Å². The number of rotatable bonds is 8. The van der Waals surface area contributed by atoms with Gasteiger partial charge in [-0.1, -0.05) is 30.3 Å². The molecular weight excluding hydrogens is 472 g/mol. The van der Waals surface area contributed by atoms with Crippen molar-refractivity contribution in [2.45, 2.75) is 12.8 Å². The Bertz CT molecular complexity index is 1340. The van der Waals surface area contributed by atoms with Crippen LogP contribution in [-0.2, 0) is 0 Å². The molecule has 196 valence electrons. The van der Waals surface area contributed by atoms with Crippen LogP contribution in [0.3, 0.4) is 0 Å². The highest BCUT2D eigenvalue weighted by molar-refractivity contribution is 5.94. The Balaban J connectivity index is 1.14. The summed E-state index contributed by atoms with van der Waals surface area (Å²) in [7, 11) is 2.19. The number of benzene rings is 3. The Morgan fingerprint density at radius 1 is 0.842 bits per heavy atom. The molecule has 3 heterocycles. The van der Waals surface area contributed by atoms with Crippen LogP contribution in [0.1, 0.15) is 12.8 Å². The maximum Gasteiger partial charge on any atom is 0.227 e. The highest BCUT2D eigenvalue weighted by Crippen LogP contribution is 2.30. The average molecular weight is 509 g/mol. The number of hydrogen-bond acceptors (Lipinski definition) is 7. The van der Waals surface area contributed by atoms with Crippen molar-refractivity contribution < 1.29 is 4.74 Å². The number of likely N-dealkylation sites (N-methyl/N-ethyl adjacent to an activating group) is 1. The summed E-state index contributed by atoms with van der Waals surface area (Å²) in [6, 6.07) is 23.2. The third-order valence-electron chi connectivity index (χ3n) is 7.64. The van der Waals surface area contributed by atoms with Gasteiger partial charge in [-0.3, -0.25) is 4.90 Å². The smallest absolute Gasteiger partial charge is 0.227 e. The van der Waals surface area contributed by atoms with Crippen LogP contribution >= 0.6 is 0 Å². The lowest BCUT2D eigenvalue weighted by Crippen LogP contribution is -2.44. The minimum atomic E-state index is 0.585. The summed E-state index contributed by atoms with van der Waals surface area (Å²) in [6.45, 7) is 8.45. The van der Waals surface area contributed by atoms with Gasteiger partial charge in [0.2, 0.25) is 5.95 Å². The standard InChI is InChI=1S/C31H36N6O/c1-35-17-19-37(20-18-35)27-11-7-24(8-12-27)29-6-4-5-25-23-32-31(34-30(25)29)33-26-9-13-28(14-10-26)38-22-21-36-15-2-3-16-36/h4-14,23H,2-3,15-22H2,1H3,(H,32,33,34). The van der Waals surface area contributed by atoms with E-state index < -0.39 is 0 Å². The van der Waals surface area contributed by atoms with Gasteiger partial charge in [-0.2, -0.15) is 0 Å². The summed E-state index contributed by atoms with van der Waals surface area (Å²) < 4.78 is 5.94. The molecule has 4 aromatic rings. The Morgan fingerprint density at radius 3 is 2.37 bits per heavy atom. The van der Waals surface area contributed by atoms with E-state index in [4.69, 9.17) is 9.72 Å². The van der Waals surface area contributed by atoms with Crippen molar-refractivity contribution in [3.8, 4) is 16.9 Å². The first-order valence-corrected chi connectivity index (χ1v) is 13.7. The van der Waals surface area contributed by atoms with E-state index in [0.717, 1.165) is 72.8 Å². The molecular formula is C31H36N6O.